The standard InChI is InChI=1S/C18H18FNO4S2/c1-11-8-15-17(25-16-9-12(19)2-3-14(16)24-15)10-18(11)26(21,22)20-13-4-6-23-7-5-13/h2-3,8-10,13,20H,4-7H2,1H3. The van der Waals surface area contributed by atoms with Gasteiger partial charge in [0.1, 0.15) is 17.3 Å². The molecule has 0 saturated carbocycles. The molecule has 138 valence electrons. The molecule has 0 unspecified atom stereocenters. The molecule has 26 heavy (non-hydrogen) atoms. The van der Waals surface area contributed by atoms with Gasteiger partial charge in [0, 0.05) is 19.3 Å². The highest BCUT2D eigenvalue weighted by Gasteiger charge is 2.27. The Balaban J connectivity index is 1.66. The molecule has 0 amide bonds. The van der Waals surface area contributed by atoms with Crippen molar-refractivity contribution < 1.29 is 22.3 Å². The fourth-order valence-corrected chi connectivity index (χ4v) is 5.70. The van der Waals surface area contributed by atoms with Crippen LogP contribution in [0.15, 0.2) is 45.0 Å². The second kappa shape index (κ2) is 6.84. The van der Waals surface area contributed by atoms with E-state index in [1.54, 1.807) is 25.1 Å². The summed E-state index contributed by atoms with van der Waals surface area (Å²) in [5.41, 5.74) is 0.606. The van der Waals surface area contributed by atoms with E-state index in [9.17, 15) is 12.8 Å². The second-order valence-electron chi connectivity index (χ2n) is 6.37. The molecule has 1 fully saturated rings. The topological polar surface area (TPSA) is 64.6 Å². The number of benzene rings is 2. The molecule has 5 nitrogen and oxygen atoms in total. The lowest BCUT2D eigenvalue weighted by atomic mass is 10.1. The number of rotatable bonds is 3. The molecule has 0 bridgehead atoms. The SMILES string of the molecule is Cc1cc2c(cc1S(=O)(=O)NC1CCOCC1)Sc1cc(F)ccc1O2. The molecule has 0 atom stereocenters. The number of hydrogen-bond acceptors (Lipinski definition) is 5. The number of aryl methyl sites for hydroxylation is 1. The third-order valence-corrected chi connectivity index (χ3v) is 7.16. The van der Waals surface area contributed by atoms with Gasteiger partial charge >= 0.3 is 0 Å². The first-order valence-electron chi connectivity index (χ1n) is 8.32. The van der Waals surface area contributed by atoms with Gasteiger partial charge < -0.3 is 9.47 Å². The Morgan fingerprint density at radius 1 is 1.12 bits per heavy atom. The van der Waals surface area contributed by atoms with Crippen LogP contribution < -0.4 is 9.46 Å². The van der Waals surface area contributed by atoms with Crippen LogP contribution in [0.3, 0.4) is 0 Å². The largest absolute Gasteiger partial charge is 0.455 e. The van der Waals surface area contributed by atoms with Crippen LogP contribution in [0.1, 0.15) is 18.4 Å². The first-order chi connectivity index (χ1) is 12.4. The summed E-state index contributed by atoms with van der Waals surface area (Å²) in [7, 11) is -3.66. The summed E-state index contributed by atoms with van der Waals surface area (Å²) in [5.74, 6) is 0.792. The zero-order valence-electron chi connectivity index (χ0n) is 14.1. The van der Waals surface area contributed by atoms with Crippen molar-refractivity contribution in [2.24, 2.45) is 0 Å². The van der Waals surface area contributed by atoms with Crippen molar-refractivity contribution in [2.45, 2.75) is 40.5 Å². The monoisotopic (exact) mass is 395 g/mol. The minimum atomic E-state index is -3.66. The number of sulfonamides is 1. The molecule has 8 heteroatoms. The first-order valence-corrected chi connectivity index (χ1v) is 10.6. The zero-order valence-corrected chi connectivity index (χ0v) is 15.8. The molecular weight excluding hydrogens is 377 g/mol. The van der Waals surface area contributed by atoms with Crippen molar-refractivity contribution in [1.29, 1.82) is 0 Å². The summed E-state index contributed by atoms with van der Waals surface area (Å²) in [4.78, 5) is 1.50. The predicted octanol–water partition coefficient (Wildman–Crippen LogP) is 3.85. The average Bonchev–Trinajstić information content (AvgIpc) is 2.60. The van der Waals surface area contributed by atoms with Crippen LogP contribution in [0, 0.1) is 12.7 Å². The summed E-state index contributed by atoms with van der Waals surface area (Å²) in [6.07, 6.45) is 1.32. The molecule has 0 aliphatic carbocycles. The number of halogens is 1. The summed E-state index contributed by atoms with van der Waals surface area (Å²) in [6.45, 7) is 2.86. The number of nitrogens with one attached hydrogen (secondary N) is 1. The molecule has 0 radical (unpaired) electrons. The van der Waals surface area contributed by atoms with E-state index >= 15 is 0 Å². The number of hydrogen-bond donors (Lipinski definition) is 1. The number of fused-ring (bicyclic) bond motifs is 2. The molecule has 2 aromatic carbocycles. The molecule has 1 saturated heterocycles. The van der Waals surface area contributed by atoms with Crippen molar-refractivity contribution in [2.75, 3.05) is 13.2 Å². The molecule has 2 aromatic rings. The van der Waals surface area contributed by atoms with Gasteiger partial charge in [0.25, 0.3) is 0 Å². The van der Waals surface area contributed by atoms with Crippen LogP contribution in [-0.4, -0.2) is 27.7 Å². The molecule has 0 aromatic heterocycles. The smallest absolute Gasteiger partial charge is 0.241 e. The van der Waals surface area contributed by atoms with Gasteiger partial charge in [-0.3, -0.25) is 0 Å². The fraction of sp³-hybridized carbons (Fsp3) is 0.333. The highest BCUT2D eigenvalue weighted by atomic mass is 32.2. The maximum Gasteiger partial charge on any atom is 0.241 e. The van der Waals surface area contributed by atoms with Gasteiger partial charge in [-0.1, -0.05) is 11.8 Å². The summed E-state index contributed by atoms with van der Waals surface area (Å²) >= 11 is 1.30. The molecule has 2 aliphatic rings. The van der Waals surface area contributed by atoms with Crippen molar-refractivity contribution in [3.8, 4) is 11.5 Å². The van der Waals surface area contributed by atoms with E-state index < -0.39 is 10.0 Å². The zero-order chi connectivity index (χ0) is 18.3. The third kappa shape index (κ3) is 3.46. The Labute approximate surface area is 155 Å². The van der Waals surface area contributed by atoms with E-state index in [4.69, 9.17) is 9.47 Å². The van der Waals surface area contributed by atoms with Crippen LogP contribution in [0.4, 0.5) is 4.39 Å². The van der Waals surface area contributed by atoms with Gasteiger partial charge in [-0.25, -0.2) is 17.5 Å². The highest BCUT2D eigenvalue weighted by Crippen LogP contribution is 2.48. The molecule has 4 rings (SSSR count). The molecule has 1 N–H and O–H groups in total. The Morgan fingerprint density at radius 3 is 2.62 bits per heavy atom. The molecular formula is C18H18FNO4S2. The van der Waals surface area contributed by atoms with Crippen LogP contribution in [0.2, 0.25) is 0 Å². The van der Waals surface area contributed by atoms with E-state index in [0.717, 1.165) is 0 Å². The maximum absolute atomic E-state index is 13.5. The van der Waals surface area contributed by atoms with Gasteiger partial charge in [0.15, 0.2) is 0 Å². The van der Waals surface area contributed by atoms with E-state index in [2.05, 4.69) is 4.72 Å². The molecule has 2 aliphatic heterocycles. The van der Waals surface area contributed by atoms with E-state index in [1.165, 1.54) is 23.9 Å². The Kier molecular flexibility index (Phi) is 4.68. The minimum Gasteiger partial charge on any atom is -0.455 e. The first kappa shape index (κ1) is 17.8. The highest BCUT2D eigenvalue weighted by molar-refractivity contribution is 7.99. The van der Waals surface area contributed by atoms with Gasteiger partial charge in [-0.2, -0.15) is 0 Å². The Morgan fingerprint density at radius 2 is 1.85 bits per heavy atom. The van der Waals surface area contributed by atoms with Gasteiger partial charge in [0.2, 0.25) is 10.0 Å². The quantitative estimate of drug-likeness (QED) is 0.730. The van der Waals surface area contributed by atoms with Crippen LogP contribution in [0.5, 0.6) is 11.5 Å². The molecule has 0 spiro atoms. The molecule has 2 heterocycles. The lowest BCUT2D eigenvalue weighted by Gasteiger charge is -2.24. The summed E-state index contributed by atoms with van der Waals surface area (Å²) in [5, 5.41) is 0. The van der Waals surface area contributed by atoms with Gasteiger partial charge in [-0.15, -0.1) is 0 Å². The van der Waals surface area contributed by atoms with E-state index in [1.807, 2.05) is 0 Å². The normalized spacial score (nSPS) is 17.3. The lowest BCUT2D eigenvalue weighted by molar-refractivity contribution is 0.0832. The van der Waals surface area contributed by atoms with Crippen LogP contribution >= 0.6 is 11.8 Å². The third-order valence-electron chi connectivity index (χ3n) is 4.42. The van der Waals surface area contributed by atoms with Crippen molar-refractivity contribution in [3.63, 3.8) is 0 Å². The number of ether oxygens (including phenoxy) is 2. The Hall–Kier alpha value is -1.61. The maximum atomic E-state index is 13.5. The fourth-order valence-electron chi connectivity index (χ4n) is 3.07. The minimum absolute atomic E-state index is 0.122. The summed E-state index contributed by atoms with van der Waals surface area (Å²) < 4.78 is 53.0. The van der Waals surface area contributed by atoms with Crippen molar-refractivity contribution in [1.82, 2.24) is 4.72 Å². The van der Waals surface area contributed by atoms with E-state index in [0.29, 0.717) is 52.9 Å². The Bertz CT molecular complexity index is 956. The predicted molar refractivity (Wildman–Crippen MR) is 95.9 cm³/mol. The van der Waals surface area contributed by atoms with E-state index in [-0.39, 0.29) is 16.8 Å². The van der Waals surface area contributed by atoms with Crippen molar-refractivity contribution in [3.05, 3.63) is 41.7 Å². The van der Waals surface area contributed by atoms with Crippen molar-refractivity contribution >= 4 is 21.8 Å². The average molecular weight is 395 g/mol. The van der Waals surface area contributed by atoms with Gasteiger partial charge in [-0.05, 0) is 55.7 Å². The van der Waals surface area contributed by atoms with Crippen LogP contribution in [-0.2, 0) is 14.8 Å². The van der Waals surface area contributed by atoms with Crippen LogP contribution in [0.25, 0.3) is 0 Å². The van der Waals surface area contributed by atoms with Gasteiger partial charge in [0.05, 0.1) is 14.7 Å². The lowest BCUT2D eigenvalue weighted by Crippen LogP contribution is -2.39. The second-order valence-corrected chi connectivity index (χ2v) is 9.13. The summed E-state index contributed by atoms with van der Waals surface area (Å²) in [6, 6.07) is 7.50.